The van der Waals surface area contributed by atoms with Crippen LogP contribution < -0.4 is 9.47 Å². The SMILES string of the molecule is C#CCCCCOc1ncc(-c2ccccc2OC)n1C. The lowest BCUT2D eigenvalue weighted by Crippen LogP contribution is -2.03. The summed E-state index contributed by atoms with van der Waals surface area (Å²) in [5.74, 6) is 3.45. The quantitative estimate of drug-likeness (QED) is 0.578. The van der Waals surface area contributed by atoms with Crippen LogP contribution in [0.25, 0.3) is 11.3 Å². The van der Waals surface area contributed by atoms with E-state index in [1.54, 1.807) is 13.3 Å². The molecule has 0 saturated heterocycles. The van der Waals surface area contributed by atoms with Gasteiger partial charge in [-0.25, -0.2) is 4.98 Å². The number of para-hydroxylation sites is 1. The molecule has 0 atom stereocenters. The van der Waals surface area contributed by atoms with Crippen molar-refractivity contribution < 1.29 is 9.47 Å². The molecule has 110 valence electrons. The lowest BCUT2D eigenvalue weighted by Gasteiger charge is -2.10. The van der Waals surface area contributed by atoms with Gasteiger partial charge in [0.1, 0.15) is 5.75 Å². The Morgan fingerprint density at radius 2 is 2.10 bits per heavy atom. The molecule has 1 heterocycles. The fourth-order valence-corrected chi connectivity index (χ4v) is 2.13. The molecule has 0 aliphatic carbocycles. The first kappa shape index (κ1) is 15.0. The number of ether oxygens (including phenoxy) is 2. The van der Waals surface area contributed by atoms with Gasteiger partial charge in [0.25, 0.3) is 6.01 Å². The molecule has 2 rings (SSSR count). The molecule has 0 amide bonds. The number of hydrogen-bond donors (Lipinski definition) is 0. The van der Waals surface area contributed by atoms with Gasteiger partial charge in [-0.05, 0) is 25.0 Å². The summed E-state index contributed by atoms with van der Waals surface area (Å²) in [5, 5.41) is 0. The predicted molar refractivity (Wildman–Crippen MR) is 83.4 cm³/mol. The predicted octanol–water partition coefficient (Wildman–Crippen LogP) is 3.28. The van der Waals surface area contributed by atoms with Crippen LogP contribution in [0.15, 0.2) is 30.5 Å². The van der Waals surface area contributed by atoms with E-state index < -0.39 is 0 Å². The number of nitrogens with zero attached hydrogens (tertiary/aromatic N) is 2. The second-order valence-electron chi connectivity index (χ2n) is 4.70. The standard InChI is InChI=1S/C17H20N2O2/c1-4-5-6-9-12-21-17-18-13-15(19(17)2)14-10-7-8-11-16(14)20-3/h1,7-8,10-11,13H,5-6,9,12H2,2-3H3. The zero-order chi connectivity index (χ0) is 15.1. The van der Waals surface area contributed by atoms with Crippen LogP contribution in [-0.4, -0.2) is 23.3 Å². The number of unbranched alkanes of at least 4 members (excludes halogenated alkanes) is 2. The average molecular weight is 284 g/mol. The maximum atomic E-state index is 5.70. The monoisotopic (exact) mass is 284 g/mol. The normalized spacial score (nSPS) is 10.1. The molecule has 0 radical (unpaired) electrons. The van der Waals surface area contributed by atoms with Crippen molar-refractivity contribution in [1.82, 2.24) is 9.55 Å². The second kappa shape index (κ2) is 7.39. The fourth-order valence-electron chi connectivity index (χ4n) is 2.13. The van der Waals surface area contributed by atoms with E-state index in [4.69, 9.17) is 15.9 Å². The molecule has 0 saturated carbocycles. The lowest BCUT2D eigenvalue weighted by atomic mass is 10.1. The van der Waals surface area contributed by atoms with Crippen LogP contribution in [0.3, 0.4) is 0 Å². The highest BCUT2D eigenvalue weighted by atomic mass is 16.5. The number of methoxy groups -OCH3 is 1. The van der Waals surface area contributed by atoms with Crippen molar-refractivity contribution in [3.05, 3.63) is 30.5 Å². The van der Waals surface area contributed by atoms with Gasteiger partial charge in [-0.2, -0.15) is 0 Å². The minimum Gasteiger partial charge on any atom is -0.496 e. The third kappa shape index (κ3) is 3.57. The number of rotatable bonds is 7. The van der Waals surface area contributed by atoms with Gasteiger partial charge in [-0.15, -0.1) is 12.3 Å². The van der Waals surface area contributed by atoms with E-state index in [9.17, 15) is 0 Å². The Labute approximate surface area is 125 Å². The number of benzene rings is 1. The van der Waals surface area contributed by atoms with Crippen molar-refractivity contribution in [2.24, 2.45) is 7.05 Å². The van der Waals surface area contributed by atoms with Crippen LogP contribution in [0.5, 0.6) is 11.8 Å². The van der Waals surface area contributed by atoms with E-state index in [2.05, 4.69) is 10.9 Å². The number of terminal acetylenes is 1. The van der Waals surface area contributed by atoms with Gasteiger partial charge in [-0.1, -0.05) is 12.1 Å². The Bertz CT molecular complexity index is 626. The minimum absolute atomic E-state index is 0.608. The van der Waals surface area contributed by atoms with Crippen LogP contribution in [-0.2, 0) is 7.05 Å². The molecule has 0 unspecified atom stereocenters. The Morgan fingerprint density at radius 3 is 2.86 bits per heavy atom. The third-order valence-corrected chi connectivity index (χ3v) is 3.28. The summed E-state index contributed by atoms with van der Waals surface area (Å²) < 4.78 is 13.0. The fraction of sp³-hybridized carbons (Fsp3) is 0.353. The molecule has 0 bridgehead atoms. The molecule has 1 aromatic heterocycles. The smallest absolute Gasteiger partial charge is 0.296 e. The van der Waals surface area contributed by atoms with Crippen LogP contribution >= 0.6 is 0 Å². The number of imidazole rings is 1. The van der Waals surface area contributed by atoms with Gasteiger partial charge >= 0.3 is 0 Å². The van der Waals surface area contributed by atoms with Gasteiger partial charge in [0.15, 0.2) is 0 Å². The van der Waals surface area contributed by atoms with E-state index in [1.165, 1.54) is 0 Å². The van der Waals surface area contributed by atoms with E-state index in [0.717, 1.165) is 36.3 Å². The highest BCUT2D eigenvalue weighted by Crippen LogP contribution is 2.31. The molecule has 4 nitrogen and oxygen atoms in total. The number of aromatic nitrogens is 2. The van der Waals surface area contributed by atoms with Crippen molar-refractivity contribution in [2.75, 3.05) is 13.7 Å². The van der Waals surface area contributed by atoms with Crippen molar-refractivity contribution in [3.8, 4) is 35.4 Å². The molecule has 0 N–H and O–H groups in total. The van der Waals surface area contributed by atoms with E-state index in [0.29, 0.717) is 12.6 Å². The van der Waals surface area contributed by atoms with Crippen molar-refractivity contribution >= 4 is 0 Å². The first-order chi connectivity index (χ1) is 10.3. The largest absolute Gasteiger partial charge is 0.496 e. The van der Waals surface area contributed by atoms with Gasteiger partial charge in [0.2, 0.25) is 0 Å². The maximum Gasteiger partial charge on any atom is 0.296 e. The average Bonchev–Trinajstić information content (AvgIpc) is 2.88. The summed E-state index contributed by atoms with van der Waals surface area (Å²) in [7, 11) is 3.60. The van der Waals surface area contributed by atoms with Crippen molar-refractivity contribution in [1.29, 1.82) is 0 Å². The Morgan fingerprint density at radius 1 is 1.29 bits per heavy atom. The second-order valence-corrected chi connectivity index (χ2v) is 4.70. The van der Waals surface area contributed by atoms with E-state index in [-0.39, 0.29) is 0 Å². The molecule has 0 spiro atoms. The van der Waals surface area contributed by atoms with Gasteiger partial charge in [0.05, 0.1) is 25.6 Å². The van der Waals surface area contributed by atoms with Crippen molar-refractivity contribution in [3.63, 3.8) is 0 Å². The molecular weight excluding hydrogens is 264 g/mol. The Kier molecular flexibility index (Phi) is 5.28. The molecule has 1 aromatic carbocycles. The first-order valence-corrected chi connectivity index (χ1v) is 6.99. The summed E-state index contributed by atoms with van der Waals surface area (Å²) in [6.45, 7) is 0.623. The lowest BCUT2D eigenvalue weighted by molar-refractivity contribution is 0.275. The zero-order valence-electron chi connectivity index (χ0n) is 12.5. The summed E-state index contributed by atoms with van der Waals surface area (Å²) in [6.07, 6.45) is 9.71. The summed E-state index contributed by atoms with van der Waals surface area (Å²) >= 11 is 0. The Balaban J connectivity index is 2.08. The van der Waals surface area contributed by atoms with E-state index >= 15 is 0 Å². The summed E-state index contributed by atoms with van der Waals surface area (Å²) in [4.78, 5) is 4.33. The van der Waals surface area contributed by atoms with Crippen LogP contribution in [0.2, 0.25) is 0 Å². The Hall–Kier alpha value is -2.41. The van der Waals surface area contributed by atoms with Crippen LogP contribution in [0, 0.1) is 12.3 Å². The molecule has 0 aliphatic heterocycles. The van der Waals surface area contributed by atoms with Gasteiger partial charge in [0, 0.05) is 19.0 Å². The molecule has 4 heteroatoms. The third-order valence-electron chi connectivity index (χ3n) is 3.28. The zero-order valence-corrected chi connectivity index (χ0v) is 12.5. The van der Waals surface area contributed by atoms with Crippen LogP contribution in [0.4, 0.5) is 0 Å². The van der Waals surface area contributed by atoms with E-state index in [1.807, 2.05) is 35.9 Å². The first-order valence-electron chi connectivity index (χ1n) is 6.99. The van der Waals surface area contributed by atoms with Crippen LogP contribution in [0.1, 0.15) is 19.3 Å². The topological polar surface area (TPSA) is 36.3 Å². The van der Waals surface area contributed by atoms with Gasteiger partial charge in [-0.3, -0.25) is 4.57 Å². The van der Waals surface area contributed by atoms with Crippen molar-refractivity contribution in [2.45, 2.75) is 19.3 Å². The molecule has 2 aromatic rings. The highest BCUT2D eigenvalue weighted by Gasteiger charge is 2.12. The summed E-state index contributed by atoms with van der Waals surface area (Å²) in [6, 6.07) is 8.47. The summed E-state index contributed by atoms with van der Waals surface area (Å²) in [5.41, 5.74) is 1.96. The number of hydrogen-bond acceptors (Lipinski definition) is 3. The minimum atomic E-state index is 0.608. The highest BCUT2D eigenvalue weighted by molar-refractivity contribution is 5.67. The molecular formula is C17H20N2O2. The van der Waals surface area contributed by atoms with Gasteiger partial charge < -0.3 is 9.47 Å². The maximum absolute atomic E-state index is 5.70. The molecule has 0 fully saturated rings. The molecule has 0 aliphatic rings. The molecule has 21 heavy (non-hydrogen) atoms.